The largest absolute Gasteiger partial charge is 0.325 e. The molecule has 1 rings (SSSR count). The number of rotatable bonds is 6. The lowest BCUT2D eigenvalue weighted by molar-refractivity contribution is -0.119. The number of carbonyl (C=O) groups is 1. The minimum Gasteiger partial charge on any atom is -0.325 e. The number of nitrogens with one attached hydrogen (secondary N) is 2. The average Bonchev–Trinajstić information content (AvgIpc) is 2.45. The third kappa shape index (κ3) is 5.60. The van der Waals surface area contributed by atoms with Crippen molar-refractivity contribution in [3.63, 3.8) is 0 Å². The van der Waals surface area contributed by atoms with Crippen LogP contribution in [-0.4, -0.2) is 26.4 Å². The smallest absolute Gasteiger partial charge is 0.241 e. The predicted molar refractivity (Wildman–Crippen MR) is 92.6 cm³/mol. The molecule has 0 aliphatic rings. The number of hydrogen-bond acceptors (Lipinski definition) is 4. The zero-order valence-corrected chi connectivity index (χ0v) is 15.2. The molecule has 1 aromatic rings. The van der Waals surface area contributed by atoms with Gasteiger partial charge < -0.3 is 11.1 Å². The topological polar surface area (TPSA) is 101 Å². The molecule has 0 radical (unpaired) electrons. The van der Waals surface area contributed by atoms with E-state index in [0.717, 1.165) is 0 Å². The van der Waals surface area contributed by atoms with E-state index in [1.807, 2.05) is 27.7 Å². The maximum atomic E-state index is 12.3. The lowest BCUT2D eigenvalue weighted by atomic mass is 9.87. The SMILES string of the molecule is CCC(C)NS(=O)(=O)c1cccc(NC(=O)[C@@H](N)C(C)(C)C)c1. The van der Waals surface area contributed by atoms with E-state index in [2.05, 4.69) is 10.0 Å². The van der Waals surface area contributed by atoms with Crippen LogP contribution >= 0.6 is 0 Å². The van der Waals surface area contributed by atoms with Crippen LogP contribution in [0.4, 0.5) is 5.69 Å². The van der Waals surface area contributed by atoms with Gasteiger partial charge in [0.05, 0.1) is 10.9 Å². The average molecular weight is 341 g/mol. The van der Waals surface area contributed by atoms with Gasteiger partial charge in [0.15, 0.2) is 0 Å². The van der Waals surface area contributed by atoms with E-state index in [9.17, 15) is 13.2 Å². The molecule has 0 bridgehead atoms. The fraction of sp³-hybridized carbons (Fsp3) is 0.562. The normalized spacial score (nSPS) is 15.0. The summed E-state index contributed by atoms with van der Waals surface area (Å²) in [5.74, 6) is -0.345. The van der Waals surface area contributed by atoms with Crippen LogP contribution in [0.25, 0.3) is 0 Å². The highest BCUT2D eigenvalue weighted by atomic mass is 32.2. The zero-order chi connectivity index (χ0) is 17.8. The van der Waals surface area contributed by atoms with Gasteiger partial charge in [0, 0.05) is 11.7 Å². The second-order valence-corrected chi connectivity index (χ2v) is 8.51. The second-order valence-electron chi connectivity index (χ2n) is 6.79. The third-order valence-electron chi connectivity index (χ3n) is 3.60. The van der Waals surface area contributed by atoms with E-state index in [1.54, 1.807) is 19.1 Å². The first-order valence-corrected chi connectivity index (χ1v) is 9.14. The maximum Gasteiger partial charge on any atom is 0.241 e. The summed E-state index contributed by atoms with van der Waals surface area (Å²) in [6, 6.07) is 5.29. The molecule has 0 aliphatic carbocycles. The number of benzene rings is 1. The van der Waals surface area contributed by atoms with E-state index >= 15 is 0 Å². The van der Waals surface area contributed by atoms with Crippen molar-refractivity contribution in [2.45, 2.75) is 58.0 Å². The van der Waals surface area contributed by atoms with Crippen LogP contribution in [0.3, 0.4) is 0 Å². The van der Waals surface area contributed by atoms with Gasteiger partial charge in [-0.2, -0.15) is 0 Å². The molecule has 130 valence electrons. The molecule has 1 aromatic carbocycles. The van der Waals surface area contributed by atoms with E-state index in [-0.39, 0.29) is 22.3 Å². The van der Waals surface area contributed by atoms with E-state index < -0.39 is 16.1 Å². The van der Waals surface area contributed by atoms with Crippen molar-refractivity contribution in [3.8, 4) is 0 Å². The minimum absolute atomic E-state index is 0.111. The van der Waals surface area contributed by atoms with Crippen molar-refractivity contribution < 1.29 is 13.2 Å². The first kappa shape index (κ1) is 19.6. The number of amides is 1. The quantitative estimate of drug-likeness (QED) is 0.737. The van der Waals surface area contributed by atoms with E-state index in [0.29, 0.717) is 12.1 Å². The van der Waals surface area contributed by atoms with Crippen LogP contribution in [0.15, 0.2) is 29.2 Å². The lowest BCUT2D eigenvalue weighted by Crippen LogP contribution is -2.45. The third-order valence-corrected chi connectivity index (χ3v) is 5.18. The van der Waals surface area contributed by atoms with E-state index in [1.165, 1.54) is 12.1 Å². The highest BCUT2D eigenvalue weighted by molar-refractivity contribution is 7.89. The molecular weight excluding hydrogens is 314 g/mol. The van der Waals surface area contributed by atoms with Crippen molar-refractivity contribution in [3.05, 3.63) is 24.3 Å². The highest BCUT2D eigenvalue weighted by Gasteiger charge is 2.27. The lowest BCUT2D eigenvalue weighted by Gasteiger charge is -2.25. The highest BCUT2D eigenvalue weighted by Crippen LogP contribution is 2.20. The zero-order valence-electron chi connectivity index (χ0n) is 14.4. The summed E-state index contributed by atoms with van der Waals surface area (Å²) in [6.07, 6.45) is 0.691. The fourth-order valence-electron chi connectivity index (χ4n) is 1.77. The number of hydrogen-bond donors (Lipinski definition) is 3. The van der Waals surface area contributed by atoms with Gasteiger partial charge in [0.25, 0.3) is 0 Å². The molecule has 4 N–H and O–H groups in total. The molecule has 0 aromatic heterocycles. The Morgan fingerprint density at radius 2 is 1.91 bits per heavy atom. The molecule has 0 saturated carbocycles. The summed E-state index contributed by atoms with van der Waals surface area (Å²) in [6.45, 7) is 9.31. The molecule has 23 heavy (non-hydrogen) atoms. The Balaban J connectivity index is 2.96. The molecule has 0 fully saturated rings. The van der Waals surface area contributed by atoms with E-state index in [4.69, 9.17) is 5.73 Å². The molecule has 1 unspecified atom stereocenters. The van der Waals surface area contributed by atoms with Crippen molar-refractivity contribution in [1.29, 1.82) is 0 Å². The van der Waals surface area contributed by atoms with Crippen LogP contribution in [0.5, 0.6) is 0 Å². The van der Waals surface area contributed by atoms with Crippen molar-refractivity contribution in [1.82, 2.24) is 4.72 Å². The number of sulfonamides is 1. The number of carbonyl (C=O) groups excluding carboxylic acids is 1. The summed E-state index contributed by atoms with van der Waals surface area (Å²) in [7, 11) is -3.61. The Bertz CT molecular complexity index is 651. The van der Waals surface area contributed by atoms with Crippen LogP contribution in [0.1, 0.15) is 41.0 Å². The Morgan fingerprint density at radius 1 is 1.30 bits per heavy atom. The Kier molecular flexibility index (Phi) is 6.33. The van der Waals surface area contributed by atoms with Crippen molar-refractivity contribution in [2.75, 3.05) is 5.32 Å². The molecule has 1 amide bonds. The van der Waals surface area contributed by atoms with Crippen LogP contribution in [0.2, 0.25) is 0 Å². The first-order valence-electron chi connectivity index (χ1n) is 7.66. The molecular formula is C16H27N3O3S. The van der Waals surface area contributed by atoms with Gasteiger partial charge in [0.2, 0.25) is 15.9 Å². The summed E-state index contributed by atoms with van der Waals surface area (Å²) >= 11 is 0. The number of anilines is 1. The Labute approximate surface area is 138 Å². The maximum absolute atomic E-state index is 12.3. The van der Waals surface area contributed by atoms with Gasteiger partial charge in [-0.1, -0.05) is 33.8 Å². The number of nitrogens with two attached hydrogens (primary N) is 1. The van der Waals surface area contributed by atoms with Crippen LogP contribution in [-0.2, 0) is 14.8 Å². The summed E-state index contributed by atoms with van der Waals surface area (Å²) in [5.41, 5.74) is 5.93. The standard InChI is InChI=1S/C16H27N3O3S/c1-6-11(2)19-23(21,22)13-9-7-8-12(10-13)18-15(20)14(17)16(3,4)5/h7-11,14,19H,6,17H2,1-5H3,(H,18,20)/t11?,14-/m1/s1. The molecule has 2 atom stereocenters. The molecule has 0 saturated heterocycles. The Morgan fingerprint density at radius 3 is 2.43 bits per heavy atom. The van der Waals surface area contributed by atoms with Gasteiger partial charge in [0.1, 0.15) is 0 Å². The molecule has 6 nitrogen and oxygen atoms in total. The van der Waals surface area contributed by atoms with Gasteiger partial charge in [-0.15, -0.1) is 0 Å². The first-order chi connectivity index (χ1) is 10.5. The molecule has 7 heteroatoms. The summed E-state index contributed by atoms with van der Waals surface area (Å²) in [5, 5.41) is 2.67. The van der Waals surface area contributed by atoms with Crippen molar-refractivity contribution in [2.24, 2.45) is 11.1 Å². The van der Waals surface area contributed by atoms with Crippen molar-refractivity contribution >= 4 is 21.6 Å². The minimum atomic E-state index is -3.61. The molecule has 0 aliphatic heterocycles. The van der Waals surface area contributed by atoms with Crippen LogP contribution < -0.4 is 15.8 Å². The predicted octanol–water partition coefficient (Wildman–Crippen LogP) is 2.08. The second kappa shape index (κ2) is 7.42. The monoisotopic (exact) mass is 341 g/mol. The van der Waals surface area contributed by atoms with Gasteiger partial charge in [-0.25, -0.2) is 13.1 Å². The summed E-state index contributed by atoms with van der Waals surface area (Å²) in [4.78, 5) is 12.3. The van der Waals surface area contributed by atoms with Gasteiger partial charge in [-0.05, 0) is 37.0 Å². The summed E-state index contributed by atoms with van der Waals surface area (Å²) < 4.78 is 27.2. The molecule has 0 spiro atoms. The molecule has 0 heterocycles. The fourth-order valence-corrected chi connectivity index (χ4v) is 3.14. The van der Waals surface area contributed by atoms with Gasteiger partial charge >= 0.3 is 0 Å². The van der Waals surface area contributed by atoms with Gasteiger partial charge in [-0.3, -0.25) is 4.79 Å². The van der Waals surface area contributed by atoms with Crippen LogP contribution in [0, 0.1) is 5.41 Å². The Hall–Kier alpha value is -1.44.